The number of benzene rings is 7. The van der Waals surface area contributed by atoms with Gasteiger partial charge < -0.3 is 9.32 Å². The van der Waals surface area contributed by atoms with Gasteiger partial charge >= 0.3 is 0 Å². The lowest BCUT2D eigenvalue weighted by Gasteiger charge is -2.28. The van der Waals surface area contributed by atoms with Crippen molar-refractivity contribution in [1.82, 2.24) is 0 Å². The van der Waals surface area contributed by atoms with E-state index in [1.54, 1.807) is 0 Å². The van der Waals surface area contributed by atoms with Gasteiger partial charge in [-0.1, -0.05) is 109 Å². The number of hydrogen-bond acceptors (Lipinski definition) is 2. The minimum Gasteiger partial charge on any atom is -0.456 e. The first-order valence-corrected chi connectivity index (χ1v) is 14.3. The molecule has 1 heterocycles. The van der Waals surface area contributed by atoms with E-state index < -0.39 is 0 Å². The highest BCUT2D eigenvalue weighted by Crippen LogP contribution is 2.43. The molecule has 198 valence electrons. The Morgan fingerprint density at radius 1 is 0.381 bits per heavy atom. The Hall–Kier alpha value is -5.60. The summed E-state index contributed by atoms with van der Waals surface area (Å²) in [5, 5.41) is 4.62. The summed E-state index contributed by atoms with van der Waals surface area (Å²) in [4.78, 5) is 2.36. The first-order valence-electron chi connectivity index (χ1n) is 14.3. The van der Waals surface area contributed by atoms with Crippen molar-refractivity contribution in [2.75, 3.05) is 4.90 Å². The van der Waals surface area contributed by atoms with E-state index in [9.17, 15) is 0 Å². The van der Waals surface area contributed by atoms with Crippen LogP contribution < -0.4 is 4.90 Å². The van der Waals surface area contributed by atoms with Gasteiger partial charge in [-0.3, -0.25) is 0 Å². The molecule has 0 aliphatic heterocycles. The van der Waals surface area contributed by atoms with Crippen LogP contribution in [0.25, 0.3) is 55.0 Å². The third-order valence-electron chi connectivity index (χ3n) is 8.02. The SMILES string of the molecule is c1ccc(-c2ccc(N(c3ccccc3)c3ccc4cc5c(cc4c3)oc3ccccc35)c(-c3ccccc3)c2)cc1. The Morgan fingerprint density at radius 3 is 1.86 bits per heavy atom. The van der Waals surface area contributed by atoms with Crippen LogP contribution in [0.2, 0.25) is 0 Å². The molecule has 0 saturated heterocycles. The fourth-order valence-electron chi connectivity index (χ4n) is 5.99. The molecule has 0 radical (unpaired) electrons. The predicted octanol–water partition coefficient (Wildman–Crippen LogP) is 11.5. The summed E-state index contributed by atoms with van der Waals surface area (Å²) >= 11 is 0. The molecule has 7 aromatic carbocycles. The maximum atomic E-state index is 6.25. The summed E-state index contributed by atoms with van der Waals surface area (Å²) < 4.78 is 6.25. The van der Waals surface area contributed by atoms with E-state index in [2.05, 4.69) is 157 Å². The number of nitrogens with zero attached hydrogens (tertiary/aromatic N) is 1. The maximum absolute atomic E-state index is 6.25. The molecule has 0 N–H and O–H groups in total. The van der Waals surface area contributed by atoms with Gasteiger partial charge in [0.15, 0.2) is 0 Å². The largest absolute Gasteiger partial charge is 0.456 e. The van der Waals surface area contributed by atoms with Gasteiger partial charge in [0, 0.05) is 27.7 Å². The molecule has 0 unspecified atom stereocenters. The van der Waals surface area contributed by atoms with Crippen molar-refractivity contribution in [2.45, 2.75) is 0 Å². The number of furan rings is 1. The lowest BCUT2D eigenvalue weighted by atomic mass is 9.96. The summed E-state index contributed by atoms with van der Waals surface area (Å²) in [5.41, 5.74) is 9.88. The summed E-state index contributed by atoms with van der Waals surface area (Å²) in [6.07, 6.45) is 0. The Balaban J connectivity index is 1.35. The van der Waals surface area contributed by atoms with Gasteiger partial charge in [-0.05, 0) is 82.1 Å². The van der Waals surface area contributed by atoms with Crippen molar-refractivity contribution < 1.29 is 4.42 Å². The third-order valence-corrected chi connectivity index (χ3v) is 8.02. The Bertz CT molecular complexity index is 2180. The first kappa shape index (κ1) is 24.2. The highest BCUT2D eigenvalue weighted by Gasteiger charge is 2.19. The van der Waals surface area contributed by atoms with E-state index in [1.807, 2.05) is 12.1 Å². The molecule has 2 heteroatoms. The predicted molar refractivity (Wildman–Crippen MR) is 177 cm³/mol. The topological polar surface area (TPSA) is 16.4 Å². The number of para-hydroxylation sites is 2. The molecule has 2 nitrogen and oxygen atoms in total. The molecular formula is C40H27NO. The number of rotatable bonds is 5. The molecule has 0 atom stereocenters. The van der Waals surface area contributed by atoms with Crippen molar-refractivity contribution in [3.05, 3.63) is 164 Å². The van der Waals surface area contributed by atoms with Crippen LogP contribution in [-0.2, 0) is 0 Å². The number of fused-ring (bicyclic) bond motifs is 4. The third kappa shape index (κ3) is 4.22. The molecule has 0 fully saturated rings. The van der Waals surface area contributed by atoms with Crippen molar-refractivity contribution in [2.24, 2.45) is 0 Å². The van der Waals surface area contributed by atoms with Crippen LogP contribution in [0.1, 0.15) is 0 Å². The molecule has 1 aromatic heterocycles. The van der Waals surface area contributed by atoms with Gasteiger partial charge in [-0.2, -0.15) is 0 Å². The summed E-state index contributed by atoms with van der Waals surface area (Å²) in [7, 11) is 0. The zero-order chi connectivity index (χ0) is 27.9. The molecule has 0 aliphatic carbocycles. The minimum atomic E-state index is 0.907. The van der Waals surface area contributed by atoms with Gasteiger partial charge in [0.25, 0.3) is 0 Å². The van der Waals surface area contributed by atoms with E-state index in [1.165, 1.54) is 27.6 Å². The molecule has 0 spiro atoms. The van der Waals surface area contributed by atoms with Crippen LogP contribution in [0, 0.1) is 0 Å². The van der Waals surface area contributed by atoms with Crippen molar-refractivity contribution >= 4 is 49.8 Å². The van der Waals surface area contributed by atoms with Crippen molar-refractivity contribution in [1.29, 1.82) is 0 Å². The number of hydrogen-bond donors (Lipinski definition) is 0. The van der Waals surface area contributed by atoms with Crippen molar-refractivity contribution in [3.63, 3.8) is 0 Å². The Morgan fingerprint density at radius 2 is 1.07 bits per heavy atom. The monoisotopic (exact) mass is 537 g/mol. The smallest absolute Gasteiger partial charge is 0.136 e. The van der Waals surface area contributed by atoms with E-state index >= 15 is 0 Å². The second-order valence-electron chi connectivity index (χ2n) is 10.6. The molecule has 0 bridgehead atoms. The molecular weight excluding hydrogens is 510 g/mol. The van der Waals surface area contributed by atoms with Crippen LogP contribution >= 0.6 is 0 Å². The zero-order valence-corrected chi connectivity index (χ0v) is 22.9. The van der Waals surface area contributed by atoms with Gasteiger partial charge in [0.2, 0.25) is 0 Å². The Labute approximate surface area is 244 Å². The van der Waals surface area contributed by atoms with Crippen LogP contribution in [0.5, 0.6) is 0 Å². The average molecular weight is 538 g/mol. The first-order chi connectivity index (χ1) is 20.8. The molecule has 8 aromatic rings. The van der Waals surface area contributed by atoms with Crippen molar-refractivity contribution in [3.8, 4) is 22.3 Å². The maximum Gasteiger partial charge on any atom is 0.136 e. The Kier molecular flexibility index (Phi) is 5.82. The minimum absolute atomic E-state index is 0.907. The highest BCUT2D eigenvalue weighted by atomic mass is 16.3. The van der Waals surface area contributed by atoms with Gasteiger partial charge in [-0.15, -0.1) is 0 Å². The lowest BCUT2D eigenvalue weighted by Crippen LogP contribution is -2.11. The lowest BCUT2D eigenvalue weighted by molar-refractivity contribution is 0.669. The molecule has 0 saturated carbocycles. The zero-order valence-electron chi connectivity index (χ0n) is 22.9. The summed E-state index contributed by atoms with van der Waals surface area (Å²) in [6.45, 7) is 0. The normalized spacial score (nSPS) is 11.3. The number of anilines is 3. The van der Waals surface area contributed by atoms with Gasteiger partial charge in [0.1, 0.15) is 11.2 Å². The van der Waals surface area contributed by atoms with E-state index in [4.69, 9.17) is 4.42 Å². The van der Waals surface area contributed by atoms with Crippen LogP contribution in [-0.4, -0.2) is 0 Å². The van der Waals surface area contributed by atoms with Crippen LogP contribution in [0.4, 0.5) is 17.1 Å². The average Bonchev–Trinajstić information content (AvgIpc) is 3.42. The molecule has 42 heavy (non-hydrogen) atoms. The second kappa shape index (κ2) is 10.1. The fraction of sp³-hybridized carbons (Fsp3) is 0. The van der Waals surface area contributed by atoms with Crippen LogP contribution in [0.3, 0.4) is 0 Å². The van der Waals surface area contributed by atoms with Gasteiger partial charge in [0.05, 0.1) is 5.69 Å². The van der Waals surface area contributed by atoms with E-state index in [0.717, 1.165) is 44.4 Å². The second-order valence-corrected chi connectivity index (χ2v) is 10.6. The summed E-state index contributed by atoms with van der Waals surface area (Å²) in [5.74, 6) is 0. The standard InChI is InChI=1S/C40H27NO/c1-4-12-28(13-5-1)30-21-23-38(36(25-30)29-14-6-2-7-15-29)41(33-16-8-3-9-17-33)34-22-20-31-26-37-35-18-10-11-19-39(35)42-40(37)27-32(31)24-34/h1-27H. The fourth-order valence-corrected chi connectivity index (χ4v) is 5.99. The van der Waals surface area contributed by atoms with Crippen LogP contribution in [0.15, 0.2) is 168 Å². The molecule has 0 aliphatic rings. The quantitative estimate of drug-likeness (QED) is 0.217. The van der Waals surface area contributed by atoms with Gasteiger partial charge in [-0.25, -0.2) is 0 Å². The highest BCUT2D eigenvalue weighted by molar-refractivity contribution is 6.10. The molecule has 0 amide bonds. The molecule has 8 rings (SSSR count). The van der Waals surface area contributed by atoms with E-state index in [0.29, 0.717) is 0 Å². The van der Waals surface area contributed by atoms with E-state index in [-0.39, 0.29) is 0 Å². The summed E-state index contributed by atoms with van der Waals surface area (Å²) in [6, 6.07) is 58.0.